The van der Waals surface area contributed by atoms with Gasteiger partial charge in [-0.2, -0.15) is 0 Å². The van der Waals surface area contributed by atoms with E-state index in [1.54, 1.807) is 54.6 Å². The number of nitrogens with one attached hydrogen (secondary N) is 1. The first-order valence-electron chi connectivity index (χ1n) is 9.70. The van der Waals surface area contributed by atoms with Crippen LogP contribution in [0, 0.1) is 6.92 Å². The summed E-state index contributed by atoms with van der Waals surface area (Å²) in [6.45, 7) is 1.86. The molecule has 32 heavy (non-hydrogen) atoms. The maximum atomic E-state index is 12.6. The average molecular weight is 448 g/mol. The third-order valence-corrected chi connectivity index (χ3v) is 5.43. The van der Waals surface area contributed by atoms with Crippen LogP contribution < -0.4 is 14.8 Å². The molecule has 4 rings (SSSR count). The van der Waals surface area contributed by atoms with Crippen LogP contribution in [0.1, 0.15) is 31.8 Å². The number of ketones is 2. The number of carbonyl (C=O) groups is 3. The van der Waals surface area contributed by atoms with Crippen molar-refractivity contribution in [2.24, 2.45) is 0 Å². The summed E-state index contributed by atoms with van der Waals surface area (Å²) >= 11 is 6.08. The molecule has 0 aromatic heterocycles. The number of anilines is 1. The largest absolute Gasteiger partial charge is 0.493 e. The zero-order valence-electron chi connectivity index (χ0n) is 17.3. The maximum absolute atomic E-state index is 12.6. The van der Waals surface area contributed by atoms with Crippen LogP contribution in [-0.4, -0.2) is 24.8 Å². The van der Waals surface area contributed by atoms with Gasteiger partial charge in [0.25, 0.3) is 0 Å². The number of allylic oxidation sites excluding steroid dienone is 1. The van der Waals surface area contributed by atoms with E-state index < -0.39 is 6.09 Å². The molecule has 0 heterocycles. The van der Waals surface area contributed by atoms with Gasteiger partial charge in [-0.3, -0.25) is 14.9 Å². The Morgan fingerprint density at radius 1 is 0.938 bits per heavy atom. The van der Waals surface area contributed by atoms with E-state index in [1.165, 1.54) is 19.3 Å². The molecule has 3 aromatic rings. The van der Waals surface area contributed by atoms with Gasteiger partial charge in [0.05, 0.1) is 12.7 Å². The predicted octanol–water partition coefficient (Wildman–Crippen LogP) is 5.73. The molecule has 0 aliphatic heterocycles. The summed E-state index contributed by atoms with van der Waals surface area (Å²) in [5, 5.41) is 3.13. The number of hydrogen-bond donors (Lipinski definition) is 1. The van der Waals surface area contributed by atoms with Crippen molar-refractivity contribution < 1.29 is 23.9 Å². The molecule has 0 fully saturated rings. The van der Waals surface area contributed by atoms with Gasteiger partial charge in [-0.15, -0.1) is 0 Å². The third-order valence-electron chi connectivity index (χ3n) is 5.03. The van der Waals surface area contributed by atoms with Crippen molar-refractivity contribution in [1.29, 1.82) is 0 Å². The predicted molar refractivity (Wildman–Crippen MR) is 122 cm³/mol. The molecule has 160 valence electrons. The highest BCUT2D eigenvalue weighted by Gasteiger charge is 2.32. The standard InChI is InChI=1S/C25H18ClNO5/c1-14-7-9-16(13-20(14)26)27-25(30)32-21-10-8-15(12-22(21)31-2)11-19-23(28)17-5-3-4-6-18(17)24(19)29/h3-13H,1-2H3,(H,27,30). The molecule has 3 aromatic carbocycles. The zero-order chi connectivity index (χ0) is 22.8. The van der Waals surface area contributed by atoms with Gasteiger partial charge in [-0.1, -0.05) is 48.0 Å². The third kappa shape index (κ3) is 4.13. The molecule has 1 N–H and O–H groups in total. The fourth-order valence-electron chi connectivity index (χ4n) is 3.34. The van der Waals surface area contributed by atoms with Crippen LogP contribution in [0.2, 0.25) is 5.02 Å². The van der Waals surface area contributed by atoms with Gasteiger partial charge in [0.15, 0.2) is 23.1 Å². The first-order valence-corrected chi connectivity index (χ1v) is 10.1. The molecule has 0 saturated heterocycles. The molecule has 0 unspecified atom stereocenters. The Kier molecular flexibility index (Phi) is 5.79. The number of benzene rings is 3. The fourth-order valence-corrected chi connectivity index (χ4v) is 3.52. The number of rotatable bonds is 4. The second-order valence-electron chi connectivity index (χ2n) is 7.15. The van der Waals surface area contributed by atoms with Gasteiger partial charge >= 0.3 is 6.09 Å². The monoisotopic (exact) mass is 447 g/mol. The lowest BCUT2D eigenvalue weighted by atomic mass is 10.1. The lowest BCUT2D eigenvalue weighted by Crippen LogP contribution is -2.17. The van der Waals surface area contributed by atoms with E-state index in [2.05, 4.69) is 5.32 Å². The minimum atomic E-state index is -0.717. The highest BCUT2D eigenvalue weighted by molar-refractivity contribution is 6.41. The summed E-state index contributed by atoms with van der Waals surface area (Å²) in [6, 6.07) is 16.6. The SMILES string of the molecule is COc1cc(C=C2C(=O)c3ccccc3C2=O)ccc1OC(=O)Nc1ccc(C)c(Cl)c1. The van der Waals surface area contributed by atoms with Crippen molar-refractivity contribution in [1.82, 2.24) is 0 Å². The van der Waals surface area contributed by atoms with Crippen LogP contribution >= 0.6 is 11.6 Å². The minimum absolute atomic E-state index is 0.0796. The number of amides is 1. The number of fused-ring (bicyclic) bond motifs is 1. The molecule has 0 atom stereocenters. The minimum Gasteiger partial charge on any atom is -0.493 e. The molecular formula is C25H18ClNO5. The van der Waals surface area contributed by atoms with E-state index in [4.69, 9.17) is 21.1 Å². The van der Waals surface area contributed by atoms with Crippen molar-refractivity contribution in [3.63, 3.8) is 0 Å². The summed E-state index contributed by atoms with van der Waals surface area (Å²) in [4.78, 5) is 37.5. The zero-order valence-corrected chi connectivity index (χ0v) is 18.0. The Morgan fingerprint density at radius 2 is 1.62 bits per heavy atom. The van der Waals surface area contributed by atoms with E-state index in [0.29, 0.717) is 27.4 Å². The number of methoxy groups -OCH3 is 1. The molecule has 0 saturated carbocycles. The summed E-state index contributed by atoms with van der Waals surface area (Å²) in [6.07, 6.45) is 0.789. The quantitative estimate of drug-likeness (QED) is 0.408. The van der Waals surface area contributed by atoms with Crippen molar-refractivity contribution in [2.45, 2.75) is 6.92 Å². The summed E-state index contributed by atoms with van der Waals surface area (Å²) in [5.41, 5.74) is 2.80. The van der Waals surface area contributed by atoms with Gasteiger partial charge in [-0.25, -0.2) is 4.79 Å². The van der Waals surface area contributed by atoms with E-state index in [1.807, 2.05) is 6.92 Å². The average Bonchev–Trinajstić information content (AvgIpc) is 3.02. The van der Waals surface area contributed by atoms with Gasteiger partial charge in [0.2, 0.25) is 0 Å². The lowest BCUT2D eigenvalue weighted by molar-refractivity contribution is 0.0990. The number of ether oxygens (including phenoxy) is 2. The molecule has 1 aliphatic rings. The number of halogens is 1. The van der Waals surface area contributed by atoms with Crippen LogP contribution in [0.25, 0.3) is 6.08 Å². The van der Waals surface area contributed by atoms with E-state index >= 15 is 0 Å². The van der Waals surface area contributed by atoms with Gasteiger partial charge in [-0.05, 0) is 48.4 Å². The molecule has 0 bridgehead atoms. The highest BCUT2D eigenvalue weighted by Crippen LogP contribution is 2.32. The molecule has 7 heteroatoms. The number of aryl methyl sites for hydroxylation is 1. The van der Waals surface area contributed by atoms with Gasteiger partial charge in [0, 0.05) is 21.8 Å². The van der Waals surface area contributed by atoms with Crippen LogP contribution in [0.15, 0.2) is 66.2 Å². The highest BCUT2D eigenvalue weighted by atomic mass is 35.5. The van der Waals surface area contributed by atoms with Crippen molar-refractivity contribution >= 4 is 41.0 Å². The smallest absolute Gasteiger partial charge is 0.417 e. The molecule has 0 radical (unpaired) electrons. The van der Waals surface area contributed by atoms with Gasteiger partial charge < -0.3 is 9.47 Å². The Hall–Kier alpha value is -3.90. The second-order valence-corrected chi connectivity index (χ2v) is 7.56. The fraction of sp³-hybridized carbons (Fsp3) is 0.0800. The Balaban J connectivity index is 1.54. The molecule has 1 amide bonds. The second kappa shape index (κ2) is 8.69. The summed E-state index contributed by atoms with van der Waals surface area (Å²) < 4.78 is 10.7. The van der Waals surface area contributed by atoms with Crippen LogP contribution in [0.5, 0.6) is 11.5 Å². The lowest BCUT2D eigenvalue weighted by Gasteiger charge is -2.11. The normalized spacial score (nSPS) is 12.4. The van der Waals surface area contributed by atoms with Crippen molar-refractivity contribution in [2.75, 3.05) is 12.4 Å². The Bertz CT molecular complexity index is 1260. The van der Waals surface area contributed by atoms with Crippen LogP contribution in [0.4, 0.5) is 10.5 Å². The van der Waals surface area contributed by atoms with E-state index in [9.17, 15) is 14.4 Å². The van der Waals surface area contributed by atoms with E-state index in [0.717, 1.165) is 5.56 Å². The van der Waals surface area contributed by atoms with Crippen LogP contribution in [0.3, 0.4) is 0 Å². The van der Waals surface area contributed by atoms with Crippen molar-refractivity contribution in [3.8, 4) is 11.5 Å². The topological polar surface area (TPSA) is 81.7 Å². The maximum Gasteiger partial charge on any atom is 0.417 e. The van der Waals surface area contributed by atoms with E-state index in [-0.39, 0.29) is 28.6 Å². The molecular weight excluding hydrogens is 430 g/mol. The first-order chi connectivity index (χ1) is 15.4. The summed E-state index contributed by atoms with van der Waals surface area (Å²) in [7, 11) is 1.43. The summed E-state index contributed by atoms with van der Waals surface area (Å²) in [5.74, 6) is -0.188. The van der Waals surface area contributed by atoms with Crippen LogP contribution in [-0.2, 0) is 0 Å². The molecule has 1 aliphatic carbocycles. The van der Waals surface area contributed by atoms with Gasteiger partial charge in [0.1, 0.15) is 0 Å². The number of Topliss-reactive ketones (excluding diaryl/α,β-unsaturated/α-hetero) is 2. The number of carbonyl (C=O) groups excluding carboxylic acids is 3. The van der Waals surface area contributed by atoms with Crippen molar-refractivity contribution in [3.05, 3.63) is 93.5 Å². The Morgan fingerprint density at radius 3 is 2.25 bits per heavy atom. The Labute approximate surface area is 189 Å². The molecule has 0 spiro atoms. The number of hydrogen-bond acceptors (Lipinski definition) is 5. The first kappa shape index (κ1) is 21.3. The molecule has 6 nitrogen and oxygen atoms in total.